The van der Waals surface area contributed by atoms with E-state index >= 15 is 0 Å². The number of hydrogen-bond acceptors (Lipinski definition) is 4. The van der Waals surface area contributed by atoms with E-state index in [1.165, 1.54) is 6.20 Å². The second-order valence-corrected chi connectivity index (χ2v) is 5.53. The maximum absolute atomic E-state index is 10.9. The van der Waals surface area contributed by atoms with Crippen LogP contribution in [0.3, 0.4) is 0 Å². The summed E-state index contributed by atoms with van der Waals surface area (Å²) in [5, 5.41) is 9.26. The van der Waals surface area contributed by atoms with Gasteiger partial charge in [-0.15, -0.1) is 0 Å². The number of benzene rings is 2. The maximum Gasteiger partial charge on any atom is 0.235 e. The highest BCUT2D eigenvalue weighted by Gasteiger charge is 2.14. The molecule has 4 aromatic rings. The molecule has 0 bridgehead atoms. The Morgan fingerprint density at radius 1 is 1.00 bits per heavy atom. The predicted molar refractivity (Wildman–Crippen MR) is 94.0 cm³/mol. The van der Waals surface area contributed by atoms with Crippen molar-refractivity contribution < 1.29 is 4.79 Å². The van der Waals surface area contributed by atoms with Crippen LogP contribution in [-0.2, 0) is 0 Å². The average Bonchev–Trinajstić information content (AvgIpc) is 3.10. The first-order valence-electron chi connectivity index (χ1n) is 7.69. The first-order valence-corrected chi connectivity index (χ1v) is 7.69. The smallest absolute Gasteiger partial charge is 0.235 e. The molecular formula is C20H12N4O. The van der Waals surface area contributed by atoms with E-state index in [1.807, 2.05) is 48.7 Å². The van der Waals surface area contributed by atoms with Crippen LogP contribution in [0.5, 0.6) is 0 Å². The summed E-state index contributed by atoms with van der Waals surface area (Å²) in [6.45, 7) is 0. The minimum absolute atomic E-state index is 0.433. The summed E-state index contributed by atoms with van der Waals surface area (Å²) in [6, 6.07) is 19.2. The zero-order chi connectivity index (χ0) is 17.2. The third-order valence-corrected chi connectivity index (χ3v) is 4.02. The predicted octanol–water partition coefficient (Wildman–Crippen LogP) is 3.75. The average molecular weight is 324 g/mol. The van der Waals surface area contributed by atoms with E-state index in [2.05, 4.69) is 16.0 Å². The molecule has 0 saturated carbocycles. The number of rotatable bonds is 3. The van der Waals surface area contributed by atoms with Crippen molar-refractivity contribution >= 4 is 12.1 Å². The Bertz CT molecular complexity index is 1110. The van der Waals surface area contributed by atoms with E-state index in [0.29, 0.717) is 17.0 Å². The van der Waals surface area contributed by atoms with Gasteiger partial charge in [-0.25, -0.2) is 9.97 Å². The quantitative estimate of drug-likeness (QED) is 0.538. The summed E-state index contributed by atoms with van der Waals surface area (Å²) in [7, 11) is 0. The van der Waals surface area contributed by atoms with Crippen molar-refractivity contribution in [1.29, 1.82) is 5.26 Å². The van der Waals surface area contributed by atoms with Gasteiger partial charge in [0.25, 0.3) is 0 Å². The summed E-state index contributed by atoms with van der Waals surface area (Å²) in [6.07, 6.45) is 4.20. The molecule has 0 unspecified atom stereocenters. The maximum atomic E-state index is 10.9. The molecule has 0 radical (unpaired) electrons. The number of aldehydes is 1. The zero-order valence-electron chi connectivity index (χ0n) is 13.1. The van der Waals surface area contributed by atoms with E-state index in [1.54, 1.807) is 16.5 Å². The van der Waals surface area contributed by atoms with Crippen molar-refractivity contribution in [1.82, 2.24) is 14.4 Å². The largest absolute Gasteiger partial charge is 0.298 e. The second-order valence-electron chi connectivity index (χ2n) is 5.53. The molecule has 0 aliphatic heterocycles. The Labute approximate surface area is 143 Å². The lowest BCUT2D eigenvalue weighted by molar-refractivity contribution is 0.112. The van der Waals surface area contributed by atoms with Crippen LogP contribution in [-0.4, -0.2) is 20.7 Å². The molecule has 0 spiro atoms. The summed E-state index contributed by atoms with van der Waals surface area (Å²) in [4.78, 5) is 19.8. The lowest BCUT2D eigenvalue weighted by atomic mass is 10.00. The molecular weight excluding hydrogens is 312 g/mol. The molecule has 4 rings (SSSR count). The highest BCUT2D eigenvalue weighted by atomic mass is 16.1. The summed E-state index contributed by atoms with van der Waals surface area (Å²) in [5.74, 6) is 0.464. The number of hydrogen-bond donors (Lipinski definition) is 0. The van der Waals surface area contributed by atoms with Gasteiger partial charge in [-0.2, -0.15) is 5.26 Å². The van der Waals surface area contributed by atoms with Gasteiger partial charge >= 0.3 is 0 Å². The molecule has 2 heterocycles. The van der Waals surface area contributed by atoms with E-state index in [-0.39, 0.29) is 0 Å². The van der Waals surface area contributed by atoms with Crippen LogP contribution < -0.4 is 0 Å². The molecule has 0 N–H and O–H groups in total. The Morgan fingerprint density at radius 2 is 1.76 bits per heavy atom. The summed E-state index contributed by atoms with van der Waals surface area (Å²) < 4.78 is 1.69. The minimum atomic E-state index is 0.433. The van der Waals surface area contributed by atoms with E-state index in [9.17, 15) is 10.1 Å². The fourth-order valence-corrected chi connectivity index (χ4v) is 2.76. The van der Waals surface area contributed by atoms with Crippen molar-refractivity contribution in [3.8, 4) is 28.5 Å². The molecule has 118 valence electrons. The number of aromatic nitrogens is 3. The van der Waals surface area contributed by atoms with Gasteiger partial charge in [-0.1, -0.05) is 54.6 Å². The first kappa shape index (κ1) is 14.8. The van der Waals surface area contributed by atoms with Gasteiger partial charge in [-0.3, -0.25) is 9.20 Å². The topological polar surface area (TPSA) is 71.0 Å². The lowest BCUT2D eigenvalue weighted by Gasteiger charge is -2.10. The molecule has 0 saturated heterocycles. The van der Waals surface area contributed by atoms with Crippen LogP contribution in [0.4, 0.5) is 0 Å². The molecule has 25 heavy (non-hydrogen) atoms. The summed E-state index contributed by atoms with van der Waals surface area (Å²) >= 11 is 0. The molecule has 5 heteroatoms. The van der Waals surface area contributed by atoms with Gasteiger partial charge in [0.1, 0.15) is 18.0 Å². The Balaban J connectivity index is 2.01. The lowest BCUT2D eigenvalue weighted by Crippen LogP contribution is -1.98. The van der Waals surface area contributed by atoms with E-state index in [0.717, 1.165) is 28.7 Å². The van der Waals surface area contributed by atoms with Crippen molar-refractivity contribution in [3.63, 3.8) is 0 Å². The highest BCUT2D eigenvalue weighted by Crippen LogP contribution is 2.31. The number of nitriles is 1. The zero-order valence-corrected chi connectivity index (χ0v) is 13.1. The highest BCUT2D eigenvalue weighted by molar-refractivity contribution is 5.83. The Kier molecular flexibility index (Phi) is 3.56. The van der Waals surface area contributed by atoms with Gasteiger partial charge in [0, 0.05) is 22.9 Å². The fourth-order valence-electron chi connectivity index (χ4n) is 2.76. The van der Waals surface area contributed by atoms with Crippen LogP contribution in [0, 0.1) is 11.3 Å². The van der Waals surface area contributed by atoms with Gasteiger partial charge in [-0.05, 0) is 5.56 Å². The van der Waals surface area contributed by atoms with Crippen LogP contribution in [0.2, 0.25) is 0 Å². The van der Waals surface area contributed by atoms with Crippen molar-refractivity contribution in [2.45, 2.75) is 0 Å². The van der Waals surface area contributed by atoms with Crippen molar-refractivity contribution in [2.24, 2.45) is 0 Å². The van der Waals surface area contributed by atoms with Crippen molar-refractivity contribution in [2.75, 3.05) is 0 Å². The minimum Gasteiger partial charge on any atom is -0.298 e. The standard InChI is InChI=1S/C20H12N4O/c21-10-17-11-22-20-23-19(16-8-6-14(13-25)7-9-16)18(12-24(17)20)15-4-2-1-3-5-15/h1-9,11-13H. The second kappa shape index (κ2) is 6.02. The first-order chi connectivity index (χ1) is 12.3. The van der Waals surface area contributed by atoms with Gasteiger partial charge in [0.15, 0.2) is 0 Å². The SMILES string of the molecule is N#Cc1cnc2nc(-c3ccc(C=O)cc3)c(-c3ccccc3)cn12. The Hall–Kier alpha value is -3.78. The fraction of sp³-hybridized carbons (Fsp3) is 0. The molecule has 2 aromatic heterocycles. The van der Waals surface area contributed by atoms with Crippen LogP contribution in [0.25, 0.3) is 28.2 Å². The third-order valence-electron chi connectivity index (χ3n) is 4.02. The molecule has 2 aromatic carbocycles. The van der Waals surface area contributed by atoms with Crippen LogP contribution >= 0.6 is 0 Å². The monoisotopic (exact) mass is 324 g/mol. The van der Waals surface area contributed by atoms with E-state index in [4.69, 9.17) is 0 Å². The third kappa shape index (κ3) is 2.56. The normalized spacial score (nSPS) is 10.5. The van der Waals surface area contributed by atoms with E-state index < -0.39 is 0 Å². The summed E-state index contributed by atoms with van der Waals surface area (Å²) in [5.41, 5.74) is 4.56. The van der Waals surface area contributed by atoms with Crippen molar-refractivity contribution in [3.05, 3.63) is 78.2 Å². The van der Waals surface area contributed by atoms with Gasteiger partial charge in [0.2, 0.25) is 5.78 Å². The number of carbonyl (C=O) groups excluding carboxylic acids is 1. The molecule has 0 amide bonds. The van der Waals surface area contributed by atoms with Gasteiger partial charge in [0.05, 0.1) is 11.9 Å². The number of nitrogens with zero attached hydrogens (tertiary/aromatic N) is 4. The molecule has 0 atom stereocenters. The molecule has 0 fully saturated rings. The van der Waals surface area contributed by atoms with Crippen LogP contribution in [0.15, 0.2) is 67.0 Å². The number of fused-ring (bicyclic) bond motifs is 1. The van der Waals surface area contributed by atoms with Gasteiger partial charge < -0.3 is 0 Å². The van der Waals surface area contributed by atoms with Crippen LogP contribution in [0.1, 0.15) is 16.1 Å². The Morgan fingerprint density at radius 3 is 2.44 bits per heavy atom. The molecule has 0 aliphatic rings. The number of imidazole rings is 1. The number of carbonyl (C=O) groups is 1. The molecule has 5 nitrogen and oxygen atoms in total. The molecule has 0 aliphatic carbocycles.